The summed E-state index contributed by atoms with van der Waals surface area (Å²) in [4.78, 5) is 27.1. The monoisotopic (exact) mass is 257 g/mol. The molecule has 0 aliphatic heterocycles. The molecule has 1 aromatic heterocycles. The maximum absolute atomic E-state index is 11.6. The second-order valence-corrected chi connectivity index (χ2v) is 5.54. The van der Waals surface area contributed by atoms with Gasteiger partial charge in [0.15, 0.2) is 5.13 Å². The van der Waals surface area contributed by atoms with Crippen molar-refractivity contribution in [3.63, 3.8) is 0 Å². The fourth-order valence-corrected chi connectivity index (χ4v) is 1.93. The molecule has 0 saturated heterocycles. The Balaban J connectivity index is 2.52. The van der Waals surface area contributed by atoms with Crippen molar-refractivity contribution in [1.29, 1.82) is 0 Å². The van der Waals surface area contributed by atoms with Crippen LogP contribution in [0.2, 0.25) is 0 Å². The van der Waals surface area contributed by atoms with E-state index in [0.717, 1.165) is 4.88 Å². The summed E-state index contributed by atoms with van der Waals surface area (Å²) in [6, 6.07) is -0.453. The smallest absolute Gasteiger partial charge is 0.321 e. The van der Waals surface area contributed by atoms with Crippen molar-refractivity contribution >= 4 is 28.5 Å². The van der Waals surface area contributed by atoms with E-state index in [2.05, 4.69) is 15.6 Å². The summed E-state index contributed by atoms with van der Waals surface area (Å²) in [6.07, 6.45) is 1.51. The van der Waals surface area contributed by atoms with Gasteiger partial charge >= 0.3 is 12.0 Å². The molecule has 0 aromatic carbocycles. The largest absolute Gasteiger partial charge is 0.481 e. The van der Waals surface area contributed by atoms with Crippen LogP contribution in [-0.2, 0) is 4.79 Å². The number of anilines is 1. The molecule has 0 spiro atoms. The number of aromatic nitrogens is 1. The summed E-state index contributed by atoms with van der Waals surface area (Å²) in [6.45, 7) is 5.18. The first kappa shape index (κ1) is 13.4. The Morgan fingerprint density at radius 1 is 1.53 bits per heavy atom. The Bertz CT molecular complexity index is 428. The number of hydrogen-bond acceptors (Lipinski definition) is 4. The zero-order valence-electron chi connectivity index (χ0n) is 9.90. The van der Waals surface area contributed by atoms with E-state index in [0.29, 0.717) is 5.13 Å². The van der Waals surface area contributed by atoms with Gasteiger partial charge in [-0.3, -0.25) is 10.1 Å². The van der Waals surface area contributed by atoms with E-state index in [9.17, 15) is 9.59 Å². The lowest BCUT2D eigenvalue weighted by molar-refractivity contribution is -0.138. The summed E-state index contributed by atoms with van der Waals surface area (Å²) in [5.74, 6) is -0.958. The van der Waals surface area contributed by atoms with Crippen molar-refractivity contribution in [2.45, 2.75) is 32.7 Å². The van der Waals surface area contributed by atoms with Gasteiger partial charge in [0.25, 0.3) is 0 Å². The molecule has 1 rings (SSSR count). The SMILES string of the molecule is Cc1cnc(NC(=O)NC(C)(C)CC(=O)O)s1. The number of aryl methyl sites for hydroxylation is 1. The molecule has 1 heterocycles. The summed E-state index contributed by atoms with van der Waals surface area (Å²) in [5, 5.41) is 14.3. The van der Waals surface area contributed by atoms with Crippen LogP contribution >= 0.6 is 11.3 Å². The van der Waals surface area contributed by atoms with E-state index in [1.165, 1.54) is 11.3 Å². The fraction of sp³-hybridized carbons (Fsp3) is 0.500. The molecule has 0 saturated carbocycles. The van der Waals surface area contributed by atoms with Gasteiger partial charge in [-0.1, -0.05) is 0 Å². The van der Waals surface area contributed by atoms with Crippen molar-refractivity contribution in [2.24, 2.45) is 0 Å². The standard InChI is InChI=1S/C10H15N3O3S/c1-6-5-11-9(17-6)12-8(16)13-10(2,3)4-7(14)15/h5H,4H2,1-3H3,(H,14,15)(H2,11,12,13,16). The lowest BCUT2D eigenvalue weighted by Crippen LogP contribution is -2.46. The topological polar surface area (TPSA) is 91.3 Å². The first-order chi connectivity index (χ1) is 7.78. The number of carboxylic acid groups (broad SMARTS) is 1. The minimum Gasteiger partial charge on any atom is -0.481 e. The third kappa shape index (κ3) is 4.81. The average molecular weight is 257 g/mol. The zero-order chi connectivity index (χ0) is 13.1. The zero-order valence-corrected chi connectivity index (χ0v) is 10.7. The number of nitrogens with zero attached hydrogens (tertiary/aromatic N) is 1. The predicted molar refractivity (Wildman–Crippen MR) is 65.3 cm³/mol. The predicted octanol–water partition coefficient (Wildman–Crippen LogP) is 1.83. The molecule has 0 atom stereocenters. The van der Waals surface area contributed by atoms with Crippen LogP contribution in [0.15, 0.2) is 6.20 Å². The summed E-state index contributed by atoms with van der Waals surface area (Å²) >= 11 is 1.36. The number of aliphatic carboxylic acids is 1. The highest BCUT2D eigenvalue weighted by molar-refractivity contribution is 7.15. The molecule has 94 valence electrons. The quantitative estimate of drug-likeness (QED) is 0.767. The first-order valence-electron chi connectivity index (χ1n) is 5.02. The highest BCUT2D eigenvalue weighted by Gasteiger charge is 2.24. The lowest BCUT2D eigenvalue weighted by Gasteiger charge is -2.23. The van der Waals surface area contributed by atoms with E-state index in [1.807, 2.05) is 6.92 Å². The van der Waals surface area contributed by atoms with Crippen LogP contribution in [0.5, 0.6) is 0 Å². The molecule has 0 fully saturated rings. The molecule has 7 heteroatoms. The lowest BCUT2D eigenvalue weighted by atomic mass is 10.0. The average Bonchev–Trinajstić information content (AvgIpc) is 2.46. The van der Waals surface area contributed by atoms with Crippen LogP contribution in [0, 0.1) is 6.92 Å². The Labute approximate surface area is 103 Å². The summed E-state index contributed by atoms with van der Waals surface area (Å²) in [7, 11) is 0. The van der Waals surface area contributed by atoms with E-state index in [4.69, 9.17) is 5.11 Å². The van der Waals surface area contributed by atoms with Gasteiger partial charge < -0.3 is 10.4 Å². The van der Waals surface area contributed by atoms with Gasteiger partial charge in [-0.2, -0.15) is 0 Å². The van der Waals surface area contributed by atoms with Crippen LogP contribution < -0.4 is 10.6 Å². The number of nitrogens with one attached hydrogen (secondary N) is 2. The summed E-state index contributed by atoms with van der Waals surface area (Å²) in [5.41, 5.74) is -0.803. The minimum absolute atomic E-state index is 0.142. The van der Waals surface area contributed by atoms with Gasteiger partial charge in [-0.05, 0) is 20.8 Å². The highest BCUT2D eigenvalue weighted by Crippen LogP contribution is 2.16. The van der Waals surface area contributed by atoms with Gasteiger partial charge in [0.1, 0.15) is 0 Å². The van der Waals surface area contributed by atoms with Crippen molar-refractivity contribution in [3.8, 4) is 0 Å². The normalized spacial score (nSPS) is 11.0. The Morgan fingerprint density at radius 3 is 2.65 bits per heavy atom. The molecule has 0 unspecified atom stereocenters. The van der Waals surface area contributed by atoms with Crippen LogP contribution in [-0.4, -0.2) is 27.6 Å². The number of hydrogen-bond donors (Lipinski definition) is 3. The molecule has 17 heavy (non-hydrogen) atoms. The third-order valence-electron chi connectivity index (χ3n) is 1.89. The third-order valence-corrected chi connectivity index (χ3v) is 2.72. The van der Waals surface area contributed by atoms with Crippen molar-refractivity contribution < 1.29 is 14.7 Å². The molecular weight excluding hydrogens is 242 g/mol. The van der Waals surface area contributed by atoms with Gasteiger partial charge in [-0.15, -0.1) is 11.3 Å². The van der Waals surface area contributed by atoms with Crippen LogP contribution in [0.4, 0.5) is 9.93 Å². The number of carbonyl (C=O) groups is 2. The molecule has 1 aromatic rings. The number of rotatable bonds is 4. The molecule has 0 bridgehead atoms. The molecule has 0 aliphatic rings. The van der Waals surface area contributed by atoms with E-state index >= 15 is 0 Å². The molecule has 0 aliphatic carbocycles. The fourth-order valence-electron chi connectivity index (χ4n) is 1.27. The van der Waals surface area contributed by atoms with Crippen molar-refractivity contribution in [2.75, 3.05) is 5.32 Å². The molecule has 6 nitrogen and oxygen atoms in total. The van der Waals surface area contributed by atoms with Crippen LogP contribution in [0.1, 0.15) is 25.1 Å². The second-order valence-electron chi connectivity index (χ2n) is 4.31. The highest BCUT2D eigenvalue weighted by atomic mass is 32.1. The number of amides is 2. The Kier molecular flexibility index (Phi) is 4.06. The van der Waals surface area contributed by atoms with Crippen molar-refractivity contribution in [1.82, 2.24) is 10.3 Å². The van der Waals surface area contributed by atoms with Gasteiger partial charge in [0.05, 0.1) is 6.42 Å². The molecule has 3 N–H and O–H groups in total. The van der Waals surface area contributed by atoms with E-state index in [1.54, 1.807) is 20.0 Å². The summed E-state index contributed by atoms with van der Waals surface area (Å²) < 4.78 is 0. The van der Waals surface area contributed by atoms with E-state index in [-0.39, 0.29) is 6.42 Å². The van der Waals surface area contributed by atoms with Crippen LogP contribution in [0.25, 0.3) is 0 Å². The number of carboxylic acids is 1. The van der Waals surface area contributed by atoms with E-state index < -0.39 is 17.5 Å². The maximum atomic E-state index is 11.6. The van der Waals surface area contributed by atoms with Gasteiger partial charge in [0, 0.05) is 16.6 Å². The van der Waals surface area contributed by atoms with Gasteiger partial charge in [0.2, 0.25) is 0 Å². The number of carbonyl (C=O) groups excluding carboxylic acids is 1. The maximum Gasteiger partial charge on any atom is 0.321 e. The van der Waals surface area contributed by atoms with Crippen LogP contribution in [0.3, 0.4) is 0 Å². The number of thiazole rings is 1. The minimum atomic E-state index is -0.958. The Hall–Kier alpha value is -1.63. The molecule has 0 radical (unpaired) electrons. The number of urea groups is 1. The molecular formula is C10H15N3O3S. The van der Waals surface area contributed by atoms with Crippen molar-refractivity contribution in [3.05, 3.63) is 11.1 Å². The Morgan fingerprint density at radius 2 is 2.18 bits per heavy atom. The molecule has 2 amide bonds. The van der Waals surface area contributed by atoms with Gasteiger partial charge in [-0.25, -0.2) is 9.78 Å². The first-order valence-corrected chi connectivity index (χ1v) is 5.83. The second kappa shape index (κ2) is 5.13.